The van der Waals surface area contributed by atoms with Crippen molar-refractivity contribution in [2.45, 2.75) is 18.9 Å². The number of amidine groups is 1. The Hall–Kier alpha value is -1.03. The summed E-state index contributed by atoms with van der Waals surface area (Å²) >= 11 is 3.40. The van der Waals surface area contributed by atoms with Crippen LogP contribution in [-0.2, 0) is 0 Å². The van der Waals surface area contributed by atoms with E-state index in [0.29, 0.717) is 6.04 Å². The number of nitrogens with zero attached hydrogens (tertiary/aromatic N) is 1. The summed E-state index contributed by atoms with van der Waals surface area (Å²) in [4.78, 5) is 2.21. The lowest BCUT2D eigenvalue weighted by atomic mass is 10.1. The Morgan fingerprint density at radius 2 is 2.20 bits per heavy atom. The standard InChI is InChI=1S/C11H14BrN3/c1-15(8-3-4-8)10-5-2-7(12)6-9(10)11(13)14/h2,5-6,8H,3-4H2,1H3,(H3,13,14). The summed E-state index contributed by atoms with van der Waals surface area (Å²) in [7, 11) is 2.06. The minimum Gasteiger partial charge on any atom is -0.384 e. The lowest BCUT2D eigenvalue weighted by molar-refractivity contribution is 0.915. The first-order valence-corrected chi connectivity index (χ1v) is 5.75. The van der Waals surface area contributed by atoms with E-state index < -0.39 is 0 Å². The molecule has 0 bridgehead atoms. The van der Waals surface area contributed by atoms with Crippen molar-refractivity contribution < 1.29 is 0 Å². The lowest BCUT2D eigenvalue weighted by Gasteiger charge is -2.21. The van der Waals surface area contributed by atoms with Crippen molar-refractivity contribution in [1.82, 2.24) is 0 Å². The molecule has 3 N–H and O–H groups in total. The van der Waals surface area contributed by atoms with Crippen molar-refractivity contribution >= 4 is 27.5 Å². The molecule has 1 fully saturated rings. The van der Waals surface area contributed by atoms with Gasteiger partial charge >= 0.3 is 0 Å². The van der Waals surface area contributed by atoms with Crippen LogP contribution in [0.5, 0.6) is 0 Å². The highest BCUT2D eigenvalue weighted by Crippen LogP contribution is 2.33. The molecule has 0 radical (unpaired) electrons. The summed E-state index contributed by atoms with van der Waals surface area (Å²) in [5.74, 6) is 0.124. The SMILES string of the molecule is CN(c1ccc(Br)cc1C(=N)N)C1CC1. The van der Waals surface area contributed by atoms with Gasteiger partial charge in [0.1, 0.15) is 5.84 Å². The third-order valence-electron chi connectivity index (χ3n) is 2.72. The summed E-state index contributed by atoms with van der Waals surface area (Å²) in [6, 6.07) is 6.53. The molecule has 1 aromatic rings. The fourth-order valence-electron chi connectivity index (χ4n) is 1.69. The highest BCUT2D eigenvalue weighted by atomic mass is 79.9. The molecule has 1 aromatic carbocycles. The average molecular weight is 268 g/mol. The van der Waals surface area contributed by atoms with Crippen LogP contribution in [-0.4, -0.2) is 18.9 Å². The largest absolute Gasteiger partial charge is 0.384 e. The topological polar surface area (TPSA) is 53.1 Å². The van der Waals surface area contributed by atoms with Gasteiger partial charge in [-0.1, -0.05) is 15.9 Å². The van der Waals surface area contributed by atoms with Gasteiger partial charge in [0.2, 0.25) is 0 Å². The Morgan fingerprint density at radius 3 is 2.73 bits per heavy atom. The number of nitrogens with one attached hydrogen (secondary N) is 1. The van der Waals surface area contributed by atoms with Crippen LogP contribution in [0.4, 0.5) is 5.69 Å². The summed E-state index contributed by atoms with van der Waals surface area (Å²) in [5, 5.41) is 7.56. The smallest absolute Gasteiger partial charge is 0.124 e. The van der Waals surface area contributed by atoms with Crippen LogP contribution in [0.15, 0.2) is 22.7 Å². The molecule has 3 nitrogen and oxygen atoms in total. The van der Waals surface area contributed by atoms with Gasteiger partial charge in [-0.3, -0.25) is 5.41 Å². The lowest BCUT2D eigenvalue weighted by Crippen LogP contribution is -2.24. The second-order valence-corrected chi connectivity index (χ2v) is 4.83. The van der Waals surface area contributed by atoms with Crippen LogP contribution in [0.3, 0.4) is 0 Å². The van der Waals surface area contributed by atoms with Crippen LogP contribution in [0.1, 0.15) is 18.4 Å². The van der Waals surface area contributed by atoms with Crippen LogP contribution < -0.4 is 10.6 Å². The molecule has 1 saturated carbocycles. The molecule has 0 unspecified atom stereocenters. The normalized spacial score (nSPS) is 15.1. The zero-order chi connectivity index (χ0) is 11.0. The number of rotatable bonds is 3. The number of benzene rings is 1. The van der Waals surface area contributed by atoms with Gasteiger partial charge in [0, 0.05) is 28.8 Å². The molecule has 0 aliphatic heterocycles. The van der Waals surface area contributed by atoms with Crippen LogP contribution in [0, 0.1) is 5.41 Å². The number of nitrogen functional groups attached to an aromatic ring is 1. The number of hydrogen-bond donors (Lipinski definition) is 2. The second-order valence-electron chi connectivity index (χ2n) is 3.92. The number of anilines is 1. The third-order valence-corrected chi connectivity index (χ3v) is 3.22. The van der Waals surface area contributed by atoms with Gasteiger partial charge in [0.05, 0.1) is 0 Å². The van der Waals surface area contributed by atoms with Crippen molar-refractivity contribution in [1.29, 1.82) is 5.41 Å². The van der Waals surface area contributed by atoms with E-state index >= 15 is 0 Å². The van der Waals surface area contributed by atoms with E-state index in [0.717, 1.165) is 15.7 Å². The molecular weight excluding hydrogens is 254 g/mol. The van der Waals surface area contributed by atoms with Crippen molar-refractivity contribution in [2.75, 3.05) is 11.9 Å². The van der Waals surface area contributed by atoms with Crippen LogP contribution in [0.25, 0.3) is 0 Å². The first-order valence-electron chi connectivity index (χ1n) is 4.96. The van der Waals surface area contributed by atoms with Gasteiger partial charge in [-0.05, 0) is 31.0 Å². The quantitative estimate of drug-likeness (QED) is 0.653. The van der Waals surface area contributed by atoms with E-state index in [1.165, 1.54) is 12.8 Å². The molecule has 2 rings (SSSR count). The maximum atomic E-state index is 7.56. The highest BCUT2D eigenvalue weighted by Gasteiger charge is 2.27. The predicted octanol–water partition coefficient (Wildman–Crippen LogP) is 2.33. The molecule has 4 heteroatoms. The number of nitrogens with two attached hydrogens (primary N) is 1. The van der Waals surface area contributed by atoms with Crippen molar-refractivity contribution in [3.05, 3.63) is 28.2 Å². The maximum absolute atomic E-state index is 7.56. The number of hydrogen-bond acceptors (Lipinski definition) is 2. The zero-order valence-corrected chi connectivity index (χ0v) is 10.2. The fraction of sp³-hybridized carbons (Fsp3) is 0.364. The number of halogens is 1. The molecule has 1 aliphatic carbocycles. The molecular formula is C11H14BrN3. The molecule has 1 aliphatic rings. The van der Waals surface area contributed by atoms with Gasteiger partial charge in [0.15, 0.2) is 0 Å². The van der Waals surface area contributed by atoms with Crippen molar-refractivity contribution in [2.24, 2.45) is 5.73 Å². The minimum atomic E-state index is 0.124. The summed E-state index contributed by atoms with van der Waals surface area (Å²) in [6.07, 6.45) is 2.48. The summed E-state index contributed by atoms with van der Waals surface area (Å²) in [5.41, 5.74) is 7.43. The van der Waals surface area contributed by atoms with Crippen LogP contribution in [0.2, 0.25) is 0 Å². The van der Waals surface area contributed by atoms with E-state index in [1.807, 2.05) is 18.2 Å². The van der Waals surface area contributed by atoms with Gasteiger partial charge in [-0.25, -0.2) is 0 Å². The average Bonchev–Trinajstić information content (AvgIpc) is 2.99. The van der Waals surface area contributed by atoms with Gasteiger partial charge in [-0.2, -0.15) is 0 Å². The molecule has 0 saturated heterocycles. The first-order chi connectivity index (χ1) is 7.09. The zero-order valence-electron chi connectivity index (χ0n) is 8.63. The molecule has 0 amide bonds. The van der Waals surface area contributed by atoms with Gasteiger partial charge < -0.3 is 10.6 Å². The summed E-state index contributed by atoms with van der Waals surface area (Å²) in [6.45, 7) is 0. The minimum absolute atomic E-state index is 0.124. The first kappa shape index (κ1) is 10.5. The van der Waals surface area contributed by atoms with Gasteiger partial charge in [-0.15, -0.1) is 0 Å². The maximum Gasteiger partial charge on any atom is 0.124 e. The molecule has 0 heterocycles. The predicted molar refractivity (Wildman–Crippen MR) is 66.6 cm³/mol. The second kappa shape index (κ2) is 3.85. The highest BCUT2D eigenvalue weighted by molar-refractivity contribution is 9.10. The molecule has 15 heavy (non-hydrogen) atoms. The van der Waals surface area contributed by atoms with Crippen LogP contribution >= 0.6 is 15.9 Å². The van der Waals surface area contributed by atoms with Crippen molar-refractivity contribution in [3.63, 3.8) is 0 Å². The Bertz CT molecular complexity index is 399. The van der Waals surface area contributed by atoms with E-state index in [-0.39, 0.29) is 5.84 Å². The monoisotopic (exact) mass is 267 g/mol. The Morgan fingerprint density at radius 1 is 1.53 bits per heavy atom. The Balaban J connectivity index is 2.40. The molecule has 0 spiro atoms. The van der Waals surface area contributed by atoms with E-state index in [2.05, 4.69) is 27.9 Å². The molecule has 80 valence electrons. The summed E-state index contributed by atoms with van der Waals surface area (Å²) < 4.78 is 0.959. The van der Waals surface area contributed by atoms with Gasteiger partial charge in [0.25, 0.3) is 0 Å². The van der Waals surface area contributed by atoms with E-state index in [4.69, 9.17) is 11.1 Å². The molecule has 0 aromatic heterocycles. The third kappa shape index (κ3) is 2.15. The Labute approximate surface area is 97.9 Å². The van der Waals surface area contributed by atoms with E-state index in [1.54, 1.807) is 0 Å². The Kier molecular flexibility index (Phi) is 2.69. The van der Waals surface area contributed by atoms with E-state index in [9.17, 15) is 0 Å². The molecule has 0 atom stereocenters. The van der Waals surface area contributed by atoms with Crippen molar-refractivity contribution in [3.8, 4) is 0 Å². The fourth-order valence-corrected chi connectivity index (χ4v) is 2.05.